The zero-order chi connectivity index (χ0) is 13.8. The summed E-state index contributed by atoms with van der Waals surface area (Å²) in [5, 5.41) is 3.14. The molecular weight excluding hydrogens is 248 g/mol. The maximum atomic E-state index is 13.2. The van der Waals surface area contributed by atoms with Crippen LogP contribution < -0.4 is 5.32 Å². The minimum Gasteiger partial charge on any atom is -0.334 e. The molecule has 2 rings (SSSR count). The van der Waals surface area contributed by atoms with E-state index in [1.165, 1.54) is 12.1 Å². The Balaban J connectivity index is 2.24. The van der Waals surface area contributed by atoms with Crippen molar-refractivity contribution < 1.29 is 8.78 Å². The molecule has 0 saturated heterocycles. The van der Waals surface area contributed by atoms with Crippen LogP contribution >= 0.6 is 0 Å². The van der Waals surface area contributed by atoms with Crippen LogP contribution in [0.2, 0.25) is 0 Å². The Bertz CT molecular complexity index is 531. The largest absolute Gasteiger partial charge is 0.334 e. The molecule has 0 aliphatic rings. The Kier molecular flexibility index (Phi) is 4.27. The first-order valence-electron chi connectivity index (χ1n) is 6.27. The maximum absolute atomic E-state index is 13.2. The predicted octanol–water partition coefficient (Wildman–Crippen LogP) is 2.68. The highest BCUT2D eigenvalue weighted by molar-refractivity contribution is 5.20. The summed E-state index contributed by atoms with van der Waals surface area (Å²) in [6.07, 6.45) is 4.11. The van der Waals surface area contributed by atoms with Gasteiger partial charge in [0.15, 0.2) is 0 Å². The van der Waals surface area contributed by atoms with Crippen molar-refractivity contribution in [1.82, 2.24) is 14.9 Å². The van der Waals surface area contributed by atoms with Gasteiger partial charge in [0.05, 0.1) is 6.04 Å². The first-order valence-corrected chi connectivity index (χ1v) is 6.27. The van der Waals surface area contributed by atoms with Gasteiger partial charge < -0.3 is 9.88 Å². The molecule has 1 heterocycles. The minimum absolute atomic E-state index is 0.0730. The van der Waals surface area contributed by atoms with Crippen molar-refractivity contribution in [2.24, 2.45) is 0 Å². The summed E-state index contributed by atoms with van der Waals surface area (Å²) in [5.41, 5.74) is 0.613. The zero-order valence-corrected chi connectivity index (χ0v) is 11.0. The van der Waals surface area contributed by atoms with Crippen LogP contribution in [0.1, 0.15) is 24.4 Å². The fraction of sp³-hybridized carbons (Fsp3) is 0.357. The lowest BCUT2D eigenvalue weighted by molar-refractivity contribution is 0.517. The molecule has 0 bridgehead atoms. The van der Waals surface area contributed by atoms with Crippen molar-refractivity contribution in [1.29, 1.82) is 0 Å². The van der Waals surface area contributed by atoms with E-state index in [2.05, 4.69) is 10.3 Å². The van der Waals surface area contributed by atoms with Gasteiger partial charge in [-0.2, -0.15) is 0 Å². The van der Waals surface area contributed by atoms with Gasteiger partial charge in [0, 0.05) is 25.0 Å². The van der Waals surface area contributed by atoms with Gasteiger partial charge in [-0.1, -0.05) is 0 Å². The smallest absolute Gasteiger partial charge is 0.126 e. The molecule has 0 spiro atoms. The Hall–Kier alpha value is -1.75. The van der Waals surface area contributed by atoms with Gasteiger partial charge >= 0.3 is 0 Å². The molecule has 0 fully saturated rings. The van der Waals surface area contributed by atoms with Crippen LogP contribution in [0.15, 0.2) is 30.6 Å². The third kappa shape index (κ3) is 3.17. The molecule has 0 amide bonds. The summed E-state index contributed by atoms with van der Waals surface area (Å²) in [6.45, 7) is 2.84. The average molecular weight is 265 g/mol. The Morgan fingerprint density at radius 2 is 1.95 bits per heavy atom. The van der Waals surface area contributed by atoms with E-state index in [1.54, 1.807) is 6.20 Å². The van der Waals surface area contributed by atoms with Crippen molar-refractivity contribution in [2.75, 3.05) is 7.05 Å². The molecule has 1 unspecified atom stereocenters. The lowest BCUT2D eigenvalue weighted by Gasteiger charge is -2.17. The van der Waals surface area contributed by atoms with Crippen LogP contribution in [0.5, 0.6) is 0 Å². The Morgan fingerprint density at radius 3 is 2.53 bits per heavy atom. The lowest BCUT2D eigenvalue weighted by atomic mass is 10.0. The monoisotopic (exact) mass is 265 g/mol. The van der Waals surface area contributed by atoms with Gasteiger partial charge in [-0.25, -0.2) is 13.8 Å². The van der Waals surface area contributed by atoms with E-state index in [1.807, 2.05) is 24.7 Å². The molecular formula is C14H17F2N3. The van der Waals surface area contributed by atoms with Gasteiger partial charge in [-0.05, 0) is 38.1 Å². The Labute approximate surface area is 111 Å². The number of likely N-dealkylation sites (N-methyl/N-ethyl adjacent to an activating group) is 1. The number of imidazole rings is 1. The Morgan fingerprint density at radius 1 is 1.26 bits per heavy atom. The summed E-state index contributed by atoms with van der Waals surface area (Å²) >= 11 is 0. The van der Waals surface area contributed by atoms with E-state index in [4.69, 9.17) is 0 Å². The predicted molar refractivity (Wildman–Crippen MR) is 69.8 cm³/mol. The summed E-state index contributed by atoms with van der Waals surface area (Å²) in [4.78, 5) is 4.31. The fourth-order valence-corrected chi connectivity index (χ4v) is 2.19. The second kappa shape index (κ2) is 5.93. The fourth-order valence-electron chi connectivity index (χ4n) is 2.19. The van der Waals surface area contributed by atoms with Gasteiger partial charge in [0.2, 0.25) is 0 Å². The quantitative estimate of drug-likeness (QED) is 0.900. The zero-order valence-electron chi connectivity index (χ0n) is 11.0. The molecule has 5 heteroatoms. The van der Waals surface area contributed by atoms with Crippen LogP contribution in [0.4, 0.5) is 8.78 Å². The highest BCUT2D eigenvalue weighted by Gasteiger charge is 2.16. The number of aromatic nitrogens is 2. The van der Waals surface area contributed by atoms with Crippen LogP contribution in [0.25, 0.3) is 0 Å². The van der Waals surface area contributed by atoms with Crippen molar-refractivity contribution in [3.05, 3.63) is 53.6 Å². The second-order valence-corrected chi connectivity index (χ2v) is 4.39. The molecule has 1 N–H and O–H groups in total. The van der Waals surface area contributed by atoms with Gasteiger partial charge in [0.25, 0.3) is 0 Å². The molecule has 3 nitrogen and oxygen atoms in total. The third-order valence-corrected chi connectivity index (χ3v) is 3.11. The lowest BCUT2D eigenvalue weighted by Crippen LogP contribution is -2.23. The number of halogens is 2. The number of hydrogen-bond acceptors (Lipinski definition) is 2. The molecule has 2 aromatic rings. The molecule has 0 aliphatic carbocycles. The number of hydrogen-bond donors (Lipinski definition) is 1. The third-order valence-electron chi connectivity index (χ3n) is 3.11. The van der Waals surface area contributed by atoms with Crippen LogP contribution in [-0.2, 0) is 13.0 Å². The van der Waals surface area contributed by atoms with Crippen LogP contribution in [0, 0.1) is 11.6 Å². The maximum Gasteiger partial charge on any atom is 0.126 e. The van der Waals surface area contributed by atoms with E-state index in [0.717, 1.165) is 18.4 Å². The molecule has 102 valence electrons. The van der Waals surface area contributed by atoms with E-state index in [9.17, 15) is 8.78 Å². The summed E-state index contributed by atoms with van der Waals surface area (Å²) in [6, 6.07) is 3.51. The molecule has 0 aliphatic heterocycles. The average Bonchev–Trinajstić information content (AvgIpc) is 2.82. The number of rotatable bonds is 5. The van der Waals surface area contributed by atoms with E-state index in [0.29, 0.717) is 12.0 Å². The van der Waals surface area contributed by atoms with Crippen molar-refractivity contribution in [2.45, 2.75) is 25.9 Å². The number of benzene rings is 1. The van der Waals surface area contributed by atoms with Crippen molar-refractivity contribution in [3.8, 4) is 0 Å². The van der Waals surface area contributed by atoms with Crippen LogP contribution in [0.3, 0.4) is 0 Å². The number of aryl methyl sites for hydroxylation is 1. The van der Waals surface area contributed by atoms with Crippen molar-refractivity contribution >= 4 is 0 Å². The van der Waals surface area contributed by atoms with E-state index >= 15 is 0 Å². The molecule has 1 aromatic carbocycles. The summed E-state index contributed by atoms with van der Waals surface area (Å²) < 4.78 is 28.4. The number of nitrogens with zero attached hydrogens (tertiary/aromatic N) is 2. The van der Waals surface area contributed by atoms with Gasteiger partial charge in [-0.15, -0.1) is 0 Å². The standard InChI is InChI=1S/C14H17F2N3/c1-3-19-5-4-18-14(19)13(17-2)8-10-6-11(15)9-12(16)7-10/h4-7,9,13,17H,3,8H2,1-2H3. The molecule has 0 radical (unpaired) electrons. The van der Waals surface area contributed by atoms with Gasteiger partial charge in [0.1, 0.15) is 17.5 Å². The number of nitrogens with one attached hydrogen (secondary N) is 1. The van der Waals surface area contributed by atoms with Gasteiger partial charge in [-0.3, -0.25) is 0 Å². The normalized spacial score (nSPS) is 12.6. The molecule has 1 atom stereocenters. The highest BCUT2D eigenvalue weighted by atomic mass is 19.1. The first-order chi connectivity index (χ1) is 9.13. The topological polar surface area (TPSA) is 29.9 Å². The molecule has 1 aromatic heterocycles. The summed E-state index contributed by atoms with van der Waals surface area (Å²) in [7, 11) is 1.81. The first kappa shape index (κ1) is 13.7. The second-order valence-electron chi connectivity index (χ2n) is 4.39. The van der Waals surface area contributed by atoms with E-state index in [-0.39, 0.29) is 6.04 Å². The minimum atomic E-state index is -0.552. The molecule has 0 saturated carbocycles. The van der Waals surface area contributed by atoms with Crippen LogP contribution in [-0.4, -0.2) is 16.6 Å². The van der Waals surface area contributed by atoms with Crippen molar-refractivity contribution in [3.63, 3.8) is 0 Å². The highest BCUT2D eigenvalue weighted by Crippen LogP contribution is 2.18. The molecule has 19 heavy (non-hydrogen) atoms. The summed E-state index contributed by atoms with van der Waals surface area (Å²) in [5.74, 6) is -0.234. The SMILES string of the molecule is CCn1ccnc1C(Cc1cc(F)cc(F)c1)NC. The van der Waals surface area contributed by atoms with E-state index < -0.39 is 11.6 Å².